The van der Waals surface area contributed by atoms with Gasteiger partial charge in [-0.05, 0) is 5.57 Å². The van der Waals surface area contributed by atoms with Crippen LogP contribution >= 0.6 is 0 Å². The summed E-state index contributed by atoms with van der Waals surface area (Å²) in [5, 5.41) is 11.2. The first-order valence-corrected chi connectivity index (χ1v) is 2.89. The van der Waals surface area contributed by atoms with E-state index in [1.807, 2.05) is 0 Å². The summed E-state index contributed by atoms with van der Waals surface area (Å²) in [6, 6.07) is 0. The van der Waals surface area contributed by atoms with Gasteiger partial charge in [-0.3, -0.25) is 4.79 Å². The lowest BCUT2D eigenvalue weighted by atomic mass is 10.1. The number of carboxylic acid groups (broad SMARTS) is 1. The van der Waals surface area contributed by atoms with Gasteiger partial charge in [0.15, 0.2) is 0 Å². The van der Waals surface area contributed by atoms with Crippen LogP contribution in [0.5, 0.6) is 0 Å². The van der Waals surface area contributed by atoms with Crippen LogP contribution in [0.3, 0.4) is 0 Å². The van der Waals surface area contributed by atoms with Crippen LogP contribution in [-0.4, -0.2) is 24.2 Å². The second-order valence-corrected chi connectivity index (χ2v) is 2.06. The predicted molar refractivity (Wildman–Crippen MR) is 33.2 cm³/mol. The van der Waals surface area contributed by atoms with Crippen molar-refractivity contribution in [3.8, 4) is 0 Å². The number of nitrogens with one attached hydrogen (secondary N) is 1. The number of hydrogen-bond acceptors (Lipinski definition) is 2. The molecule has 9 heavy (non-hydrogen) atoms. The molecule has 1 fully saturated rings. The van der Waals surface area contributed by atoms with Crippen molar-refractivity contribution >= 4 is 5.97 Å². The predicted octanol–water partition coefficient (Wildman–Crippen LogP) is -0.00930. The lowest BCUT2D eigenvalue weighted by molar-refractivity contribution is -0.136. The first-order valence-electron chi connectivity index (χ1n) is 2.89. The first-order chi connectivity index (χ1) is 4.29. The molecule has 0 aromatic heterocycles. The standard InChI is InChI=1S/C6H9NO2/c8-6(9)2-1-5-3-7-4-5/h1,7H,2-4H2,(H,8,9). The Labute approximate surface area is 53.4 Å². The van der Waals surface area contributed by atoms with Crippen LogP contribution in [0.15, 0.2) is 11.6 Å². The maximum Gasteiger partial charge on any atom is 0.307 e. The van der Waals surface area contributed by atoms with Crippen LogP contribution in [-0.2, 0) is 4.79 Å². The molecule has 1 aliphatic rings. The van der Waals surface area contributed by atoms with Gasteiger partial charge in [0, 0.05) is 13.1 Å². The Balaban J connectivity index is 2.22. The number of aliphatic carboxylic acids is 1. The SMILES string of the molecule is O=C(O)CC=C1CNC1. The van der Waals surface area contributed by atoms with Gasteiger partial charge in [0.1, 0.15) is 0 Å². The Kier molecular flexibility index (Phi) is 1.85. The molecule has 1 saturated heterocycles. The van der Waals surface area contributed by atoms with Crippen LogP contribution < -0.4 is 5.32 Å². The minimum atomic E-state index is -0.755. The fourth-order valence-corrected chi connectivity index (χ4v) is 0.645. The molecular formula is C6H9NO2. The Hall–Kier alpha value is -0.830. The summed E-state index contributed by atoms with van der Waals surface area (Å²) in [4.78, 5) is 9.98. The lowest BCUT2D eigenvalue weighted by Gasteiger charge is -2.17. The van der Waals surface area contributed by atoms with Crippen molar-refractivity contribution in [3.05, 3.63) is 11.6 Å². The van der Waals surface area contributed by atoms with E-state index in [2.05, 4.69) is 5.32 Å². The molecule has 3 heteroatoms. The summed E-state index contributed by atoms with van der Waals surface area (Å²) in [7, 11) is 0. The van der Waals surface area contributed by atoms with E-state index in [1.165, 1.54) is 5.57 Å². The molecule has 1 aliphatic heterocycles. The topological polar surface area (TPSA) is 49.3 Å². The second kappa shape index (κ2) is 2.64. The van der Waals surface area contributed by atoms with Gasteiger partial charge in [0.05, 0.1) is 6.42 Å². The molecule has 0 radical (unpaired) electrons. The van der Waals surface area contributed by atoms with Crippen LogP contribution in [0.25, 0.3) is 0 Å². The maximum atomic E-state index is 9.98. The molecule has 1 rings (SSSR count). The molecule has 0 spiro atoms. The van der Waals surface area contributed by atoms with Crippen molar-refractivity contribution < 1.29 is 9.90 Å². The van der Waals surface area contributed by atoms with Crippen molar-refractivity contribution in [1.29, 1.82) is 0 Å². The second-order valence-electron chi connectivity index (χ2n) is 2.06. The van der Waals surface area contributed by atoms with Crippen molar-refractivity contribution in [1.82, 2.24) is 5.32 Å². The highest BCUT2D eigenvalue weighted by Crippen LogP contribution is 2.00. The third-order valence-electron chi connectivity index (χ3n) is 1.27. The fourth-order valence-electron chi connectivity index (χ4n) is 0.645. The van der Waals surface area contributed by atoms with E-state index in [0.29, 0.717) is 0 Å². The summed E-state index contributed by atoms with van der Waals surface area (Å²) < 4.78 is 0. The molecule has 0 atom stereocenters. The quantitative estimate of drug-likeness (QED) is 0.513. The Morgan fingerprint density at radius 1 is 1.78 bits per heavy atom. The zero-order valence-corrected chi connectivity index (χ0v) is 5.05. The number of hydrogen-bond donors (Lipinski definition) is 2. The molecule has 0 aliphatic carbocycles. The van der Waals surface area contributed by atoms with Crippen molar-refractivity contribution in [2.24, 2.45) is 0 Å². The van der Waals surface area contributed by atoms with Gasteiger partial charge in [0.2, 0.25) is 0 Å². The molecule has 1 heterocycles. The highest BCUT2D eigenvalue weighted by atomic mass is 16.4. The van der Waals surface area contributed by atoms with Gasteiger partial charge >= 0.3 is 5.97 Å². The summed E-state index contributed by atoms with van der Waals surface area (Å²) in [5.41, 5.74) is 1.21. The molecule has 0 amide bonds. The summed E-state index contributed by atoms with van der Waals surface area (Å²) >= 11 is 0. The minimum Gasteiger partial charge on any atom is -0.481 e. The van der Waals surface area contributed by atoms with Crippen LogP contribution in [0.4, 0.5) is 0 Å². The van der Waals surface area contributed by atoms with Crippen molar-refractivity contribution in [3.63, 3.8) is 0 Å². The van der Waals surface area contributed by atoms with Crippen LogP contribution in [0.2, 0.25) is 0 Å². The van der Waals surface area contributed by atoms with Gasteiger partial charge in [-0.2, -0.15) is 0 Å². The highest BCUT2D eigenvalue weighted by Gasteiger charge is 2.06. The van der Waals surface area contributed by atoms with E-state index in [0.717, 1.165) is 13.1 Å². The Morgan fingerprint density at radius 3 is 2.78 bits per heavy atom. The molecule has 0 aromatic rings. The number of carbonyl (C=O) groups is 1. The van der Waals surface area contributed by atoms with E-state index in [4.69, 9.17) is 5.11 Å². The zero-order chi connectivity index (χ0) is 6.69. The van der Waals surface area contributed by atoms with Crippen LogP contribution in [0.1, 0.15) is 6.42 Å². The number of rotatable bonds is 2. The van der Waals surface area contributed by atoms with E-state index < -0.39 is 5.97 Å². The Bertz CT molecular complexity index is 145. The third kappa shape index (κ3) is 1.85. The Morgan fingerprint density at radius 2 is 2.44 bits per heavy atom. The van der Waals surface area contributed by atoms with E-state index in [1.54, 1.807) is 6.08 Å². The molecule has 0 unspecified atom stereocenters. The molecule has 0 bridgehead atoms. The van der Waals surface area contributed by atoms with Gasteiger partial charge in [-0.25, -0.2) is 0 Å². The molecule has 2 N–H and O–H groups in total. The van der Waals surface area contributed by atoms with Gasteiger partial charge in [0.25, 0.3) is 0 Å². The summed E-state index contributed by atoms with van der Waals surface area (Å²) in [6.45, 7) is 1.74. The zero-order valence-electron chi connectivity index (χ0n) is 5.05. The normalized spacial score (nSPS) is 16.7. The van der Waals surface area contributed by atoms with E-state index in [9.17, 15) is 4.79 Å². The average Bonchev–Trinajstić information content (AvgIpc) is 1.60. The average molecular weight is 127 g/mol. The summed E-state index contributed by atoms with van der Waals surface area (Å²) in [6.07, 6.45) is 1.93. The molecule has 50 valence electrons. The third-order valence-corrected chi connectivity index (χ3v) is 1.27. The molecule has 3 nitrogen and oxygen atoms in total. The van der Waals surface area contributed by atoms with Gasteiger partial charge < -0.3 is 10.4 Å². The minimum absolute atomic E-state index is 0.164. The van der Waals surface area contributed by atoms with Gasteiger partial charge in [-0.15, -0.1) is 0 Å². The first kappa shape index (κ1) is 6.29. The van der Waals surface area contributed by atoms with Crippen molar-refractivity contribution in [2.45, 2.75) is 6.42 Å². The lowest BCUT2D eigenvalue weighted by Crippen LogP contribution is -2.33. The monoisotopic (exact) mass is 127 g/mol. The van der Waals surface area contributed by atoms with Crippen LogP contribution in [0, 0.1) is 0 Å². The molecule has 0 saturated carbocycles. The van der Waals surface area contributed by atoms with E-state index >= 15 is 0 Å². The van der Waals surface area contributed by atoms with E-state index in [-0.39, 0.29) is 6.42 Å². The van der Waals surface area contributed by atoms with Gasteiger partial charge in [-0.1, -0.05) is 6.08 Å². The van der Waals surface area contributed by atoms with Crippen molar-refractivity contribution in [2.75, 3.05) is 13.1 Å². The molecule has 0 aromatic carbocycles. The largest absolute Gasteiger partial charge is 0.481 e. The maximum absolute atomic E-state index is 9.98. The highest BCUT2D eigenvalue weighted by molar-refractivity contribution is 5.68. The molecular weight excluding hydrogens is 118 g/mol. The smallest absolute Gasteiger partial charge is 0.307 e. The summed E-state index contributed by atoms with van der Waals surface area (Å²) in [5.74, 6) is -0.755. The fraction of sp³-hybridized carbons (Fsp3) is 0.500. The number of carboxylic acids is 1.